The van der Waals surface area contributed by atoms with Gasteiger partial charge in [0.2, 0.25) is 0 Å². The summed E-state index contributed by atoms with van der Waals surface area (Å²) in [6.07, 6.45) is 18.0. The van der Waals surface area contributed by atoms with Crippen LogP contribution in [0.3, 0.4) is 0 Å². The van der Waals surface area contributed by atoms with Gasteiger partial charge in [0.15, 0.2) is 14.1 Å². The first-order chi connectivity index (χ1) is 17.9. The van der Waals surface area contributed by atoms with Crippen LogP contribution in [0.1, 0.15) is 97.8 Å². The zero-order valence-electron chi connectivity index (χ0n) is 25.8. The fourth-order valence-electron chi connectivity index (χ4n) is 6.08. The van der Waals surface area contributed by atoms with Crippen LogP contribution in [-0.4, -0.2) is 71.5 Å². The molecule has 0 radical (unpaired) electrons. The molecule has 0 spiro atoms. The van der Waals surface area contributed by atoms with Crippen molar-refractivity contribution in [2.45, 2.75) is 134 Å². The van der Waals surface area contributed by atoms with Crippen LogP contribution in [-0.2, 0) is 23.4 Å². The van der Waals surface area contributed by atoms with Gasteiger partial charge >= 0.3 is 5.97 Å². The summed E-state index contributed by atoms with van der Waals surface area (Å²) in [6.45, 7) is 14.0. The van der Waals surface area contributed by atoms with Crippen molar-refractivity contribution in [2.75, 3.05) is 34.4 Å². The van der Waals surface area contributed by atoms with Gasteiger partial charge in [0.1, 0.15) is 0 Å². The van der Waals surface area contributed by atoms with E-state index >= 15 is 0 Å². The van der Waals surface area contributed by atoms with E-state index in [1.807, 2.05) is 0 Å². The molecule has 2 atom stereocenters. The van der Waals surface area contributed by atoms with Gasteiger partial charge in [0, 0.05) is 33.6 Å². The predicted octanol–water partition coefficient (Wildman–Crippen LogP) is 7.09. The standard InChI is InChI=1S/C31H57NO5Si/c1-29(2,3)38(7,8)37-27(30(19-20-30)24-25-17-18-25)15-13-22-32-23-21-31(35-5,36-6)26(32)14-11-9-10-12-16-28(33)34-4/h9,11,25-27H,10,12-24H2,1-8H3. The summed E-state index contributed by atoms with van der Waals surface area (Å²) in [5.41, 5.74) is 0.441. The number of carbonyl (C=O) groups excluding carboxylic acids is 1. The summed E-state index contributed by atoms with van der Waals surface area (Å²) in [7, 11) is 3.17. The molecular weight excluding hydrogens is 494 g/mol. The fraction of sp³-hybridized carbons (Fsp3) is 0.903. The highest BCUT2D eigenvalue weighted by Crippen LogP contribution is 2.60. The lowest BCUT2D eigenvalue weighted by molar-refractivity contribution is -0.218. The molecule has 3 aliphatic rings. The van der Waals surface area contributed by atoms with E-state index in [0.29, 0.717) is 17.9 Å². The Morgan fingerprint density at radius 2 is 1.74 bits per heavy atom. The van der Waals surface area contributed by atoms with E-state index in [-0.39, 0.29) is 17.0 Å². The first-order valence-corrected chi connectivity index (χ1v) is 18.1. The number of hydrogen-bond donors (Lipinski definition) is 0. The van der Waals surface area contributed by atoms with Crippen LogP contribution in [0.5, 0.6) is 0 Å². The van der Waals surface area contributed by atoms with E-state index in [9.17, 15) is 4.79 Å². The van der Waals surface area contributed by atoms with Crippen molar-refractivity contribution >= 4 is 14.3 Å². The van der Waals surface area contributed by atoms with E-state index in [0.717, 1.165) is 57.5 Å². The molecule has 220 valence electrons. The van der Waals surface area contributed by atoms with Gasteiger partial charge in [0.25, 0.3) is 0 Å². The van der Waals surface area contributed by atoms with E-state index in [1.54, 1.807) is 14.2 Å². The molecule has 2 unspecified atom stereocenters. The molecule has 2 saturated carbocycles. The van der Waals surface area contributed by atoms with Gasteiger partial charge in [-0.15, -0.1) is 0 Å². The molecule has 2 aliphatic carbocycles. The van der Waals surface area contributed by atoms with E-state index in [1.165, 1.54) is 39.2 Å². The number of esters is 1. The van der Waals surface area contributed by atoms with Crippen molar-refractivity contribution in [3.05, 3.63) is 12.2 Å². The fourth-order valence-corrected chi connectivity index (χ4v) is 7.52. The molecule has 7 heteroatoms. The molecule has 1 aliphatic heterocycles. The molecule has 0 N–H and O–H groups in total. The van der Waals surface area contributed by atoms with Gasteiger partial charge in [-0.25, -0.2) is 0 Å². The molecule has 0 aromatic carbocycles. The van der Waals surface area contributed by atoms with Gasteiger partial charge in [-0.3, -0.25) is 9.69 Å². The molecule has 38 heavy (non-hydrogen) atoms. The maximum Gasteiger partial charge on any atom is 0.305 e. The van der Waals surface area contributed by atoms with Crippen LogP contribution < -0.4 is 0 Å². The topological polar surface area (TPSA) is 57.2 Å². The third-order valence-electron chi connectivity index (χ3n) is 10.0. The number of rotatable bonds is 17. The second-order valence-electron chi connectivity index (χ2n) is 13.7. The molecular formula is C31H57NO5Si. The lowest BCUT2D eigenvalue weighted by atomic mass is 9.89. The molecule has 1 saturated heterocycles. The minimum absolute atomic E-state index is 0.140. The zero-order valence-corrected chi connectivity index (χ0v) is 26.8. The molecule has 6 nitrogen and oxygen atoms in total. The minimum atomic E-state index is -1.83. The van der Waals surface area contributed by atoms with E-state index in [2.05, 4.69) is 50.9 Å². The summed E-state index contributed by atoms with van der Waals surface area (Å²) < 4.78 is 23.9. The normalized spacial score (nSPS) is 24.2. The Balaban J connectivity index is 1.60. The largest absolute Gasteiger partial charge is 0.469 e. The molecule has 0 aromatic rings. The Kier molecular flexibility index (Phi) is 11.1. The average Bonchev–Trinajstić information content (AvgIpc) is 3.81. The summed E-state index contributed by atoms with van der Waals surface area (Å²) >= 11 is 0. The highest BCUT2D eigenvalue weighted by atomic mass is 28.4. The van der Waals surface area contributed by atoms with Gasteiger partial charge < -0.3 is 18.6 Å². The van der Waals surface area contributed by atoms with Gasteiger partial charge in [-0.05, 0) is 87.4 Å². The van der Waals surface area contributed by atoms with Crippen LogP contribution in [0.2, 0.25) is 18.1 Å². The number of nitrogens with zero attached hydrogens (tertiary/aromatic N) is 1. The second kappa shape index (κ2) is 13.3. The zero-order chi connectivity index (χ0) is 28.0. The van der Waals surface area contributed by atoms with Crippen molar-refractivity contribution in [2.24, 2.45) is 11.3 Å². The van der Waals surface area contributed by atoms with Crippen molar-refractivity contribution in [1.82, 2.24) is 4.90 Å². The number of likely N-dealkylation sites (tertiary alicyclic amines) is 1. The summed E-state index contributed by atoms with van der Waals surface area (Å²) in [5.74, 6) is 0.255. The number of ether oxygens (including phenoxy) is 3. The van der Waals surface area contributed by atoms with Crippen LogP contribution in [0.15, 0.2) is 12.2 Å². The van der Waals surface area contributed by atoms with Crippen molar-refractivity contribution in [3.63, 3.8) is 0 Å². The van der Waals surface area contributed by atoms with Crippen LogP contribution >= 0.6 is 0 Å². The van der Waals surface area contributed by atoms with Crippen LogP contribution in [0, 0.1) is 11.3 Å². The highest BCUT2D eigenvalue weighted by Gasteiger charge is 2.54. The minimum Gasteiger partial charge on any atom is -0.469 e. The molecule has 0 aromatic heterocycles. The summed E-state index contributed by atoms with van der Waals surface area (Å²) in [4.78, 5) is 13.9. The van der Waals surface area contributed by atoms with Crippen molar-refractivity contribution < 1.29 is 23.4 Å². The Morgan fingerprint density at radius 3 is 2.29 bits per heavy atom. The Bertz CT molecular complexity index is 780. The molecule has 3 fully saturated rings. The SMILES string of the molecule is COC(=O)CCCC=CCC1N(CCCC(O[Si](C)(C)C(C)(C)C)C2(CC3CC3)CC2)CCC1(OC)OC. The van der Waals surface area contributed by atoms with Crippen molar-refractivity contribution in [3.8, 4) is 0 Å². The highest BCUT2D eigenvalue weighted by molar-refractivity contribution is 6.74. The summed E-state index contributed by atoms with van der Waals surface area (Å²) in [6, 6.07) is 0.190. The Morgan fingerprint density at radius 1 is 1.05 bits per heavy atom. The monoisotopic (exact) mass is 551 g/mol. The quantitative estimate of drug-likeness (QED) is 0.0632. The molecule has 1 heterocycles. The van der Waals surface area contributed by atoms with Crippen LogP contribution in [0.25, 0.3) is 0 Å². The lowest BCUT2D eigenvalue weighted by Gasteiger charge is -2.42. The number of unbranched alkanes of at least 4 members (excludes halogenated alkanes) is 1. The smallest absolute Gasteiger partial charge is 0.305 e. The first-order valence-electron chi connectivity index (χ1n) is 15.2. The van der Waals surface area contributed by atoms with Gasteiger partial charge in [-0.1, -0.05) is 45.8 Å². The van der Waals surface area contributed by atoms with E-state index in [4.69, 9.17) is 18.6 Å². The van der Waals surface area contributed by atoms with E-state index < -0.39 is 14.1 Å². The number of hydrogen-bond acceptors (Lipinski definition) is 6. The third-order valence-corrected chi connectivity index (χ3v) is 14.5. The lowest BCUT2D eigenvalue weighted by Crippen LogP contribution is -2.48. The number of carbonyl (C=O) groups is 1. The number of allylic oxidation sites excluding steroid dienone is 1. The molecule has 0 bridgehead atoms. The number of methoxy groups -OCH3 is 3. The Hall–Kier alpha value is -0.733. The average molecular weight is 552 g/mol. The Labute approximate surface area is 234 Å². The maximum absolute atomic E-state index is 11.4. The molecule has 0 amide bonds. The van der Waals surface area contributed by atoms with Gasteiger partial charge in [-0.2, -0.15) is 0 Å². The third kappa shape index (κ3) is 8.15. The van der Waals surface area contributed by atoms with Crippen LogP contribution in [0.4, 0.5) is 0 Å². The summed E-state index contributed by atoms with van der Waals surface area (Å²) in [5, 5.41) is 0.237. The molecule has 3 rings (SSSR count). The van der Waals surface area contributed by atoms with Crippen molar-refractivity contribution in [1.29, 1.82) is 0 Å². The maximum atomic E-state index is 11.4. The predicted molar refractivity (Wildman–Crippen MR) is 157 cm³/mol. The second-order valence-corrected chi connectivity index (χ2v) is 18.5. The van der Waals surface area contributed by atoms with Gasteiger partial charge in [0.05, 0.1) is 19.3 Å². The first kappa shape index (κ1) is 31.8.